The van der Waals surface area contributed by atoms with Gasteiger partial charge in [-0.15, -0.1) is 0 Å². The number of fused-ring (bicyclic) bond motifs is 1. The summed E-state index contributed by atoms with van der Waals surface area (Å²) in [6.45, 7) is 4.59. The first-order valence-electron chi connectivity index (χ1n) is 12.2. The summed E-state index contributed by atoms with van der Waals surface area (Å²) in [5, 5.41) is 17.4. The summed E-state index contributed by atoms with van der Waals surface area (Å²) in [6.07, 6.45) is 0.0405. The average Bonchev–Trinajstić information content (AvgIpc) is 3.35. The van der Waals surface area contributed by atoms with Crippen molar-refractivity contribution in [3.8, 4) is 0 Å². The lowest BCUT2D eigenvalue weighted by atomic mass is 10.0. The Labute approximate surface area is 206 Å². The summed E-state index contributed by atoms with van der Waals surface area (Å²) in [4.78, 5) is 40.1. The minimum absolute atomic E-state index is 0.0114. The number of likely N-dealkylation sites (tertiary alicyclic amines) is 1. The van der Waals surface area contributed by atoms with Gasteiger partial charge in [0.05, 0.1) is 12.7 Å². The number of rotatable bonds is 10. The number of hydrogen-bond donors (Lipinski definition) is 4. The Morgan fingerprint density at radius 2 is 1.91 bits per heavy atom. The van der Waals surface area contributed by atoms with Gasteiger partial charge in [0.25, 0.3) is 0 Å². The molecule has 3 atom stereocenters. The van der Waals surface area contributed by atoms with E-state index in [0.29, 0.717) is 19.4 Å². The summed E-state index contributed by atoms with van der Waals surface area (Å²) >= 11 is 0. The molecule has 3 amide bonds. The largest absolute Gasteiger partial charge is 0.449 e. The number of aliphatic hydroxyl groups excluding tert-OH is 1. The number of carbonyl (C=O) groups is 3. The second kappa shape index (κ2) is 12.5. The lowest BCUT2D eigenvalue weighted by Crippen LogP contribution is -2.54. The van der Waals surface area contributed by atoms with Gasteiger partial charge in [0.15, 0.2) is 0 Å². The van der Waals surface area contributed by atoms with Crippen molar-refractivity contribution in [3.05, 3.63) is 48.0 Å². The third kappa shape index (κ3) is 7.40. The minimum Gasteiger partial charge on any atom is -0.449 e. The number of hydrogen-bond acceptors (Lipinski definition) is 6. The molecule has 3 rings (SSSR count). The molecule has 0 spiro atoms. The van der Waals surface area contributed by atoms with Gasteiger partial charge in [-0.1, -0.05) is 56.3 Å². The predicted molar refractivity (Wildman–Crippen MR) is 134 cm³/mol. The van der Waals surface area contributed by atoms with Gasteiger partial charge in [-0.2, -0.15) is 0 Å². The van der Waals surface area contributed by atoms with Crippen molar-refractivity contribution in [1.82, 2.24) is 15.5 Å². The molecule has 9 heteroatoms. The van der Waals surface area contributed by atoms with Crippen molar-refractivity contribution in [3.63, 3.8) is 0 Å². The number of ether oxygens (including phenoxy) is 1. The lowest BCUT2D eigenvalue weighted by molar-refractivity contribution is -0.131. The average molecular weight is 485 g/mol. The Kier molecular flexibility index (Phi) is 9.45. The molecule has 2 aromatic carbocycles. The molecule has 1 aliphatic rings. The second-order valence-corrected chi connectivity index (χ2v) is 9.40. The van der Waals surface area contributed by atoms with E-state index < -0.39 is 36.1 Å². The number of aliphatic hydroxyl groups is 1. The van der Waals surface area contributed by atoms with E-state index in [2.05, 4.69) is 10.6 Å². The Morgan fingerprint density at radius 3 is 2.63 bits per heavy atom. The van der Waals surface area contributed by atoms with Gasteiger partial charge >= 0.3 is 6.09 Å². The molecule has 0 bridgehead atoms. The lowest BCUT2D eigenvalue weighted by Gasteiger charge is -2.26. The maximum atomic E-state index is 13.2. The molecule has 5 N–H and O–H groups in total. The molecule has 0 aliphatic carbocycles. The SMILES string of the molecule is CC(C)COC(=O)N1CCCC1C(=O)N[C@H](Cc1ccc2ccccc2c1)C(=O)NCC(O)CN. The molecule has 0 saturated carbocycles. The van der Waals surface area contributed by atoms with Crippen LogP contribution in [0.25, 0.3) is 10.8 Å². The topological polar surface area (TPSA) is 134 Å². The van der Waals surface area contributed by atoms with E-state index in [0.717, 1.165) is 16.3 Å². The van der Waals surface area contributed by atoms with E-state index in [1.54, 1.807) is 0 Å². The molecule has 35 heavy (non-hydrogen) atoms. The van der Waals surface area contributed by atoms with Crippen LogP contribution in [0.3, 0.4) is 0 Å². The zero-order valence-electron chi connectivity index (χ0n) is 20.4. The first-order chi connectivity index (χ1) is 16.8. The fourth-order valence-electron chi connectivity index (χ4n) is 4.08. The summed E-state index contributed by atoms with van der Waals surface area (Å²) in [5.41, 5.74) is 6.32. The van der Waals surface area contributed by atoms with E-state index >= 15 is 0 Å². The number of benzene rings is 2. The highest BCUT2D eigenvalue weighted by atomic mass is 16.6. The molecule has 9 nitrogen and oxygen atoms in total. The quantitative estimate of drug-likeness (QED) is 0.404. The van der Waals surface area contributed by atoms with E-state index in [4.69, 9.17) is 10.5 Å². The number of carbonyl (C=O) groups excluding carboxylic acids is 3. The van der Waals surface area contributed by atoms with Crippen molar-refractivity contribution in [1.29, 1.82) is 0 Å². The van der Waals surface area contributed by atoms with Gasteiger partial charge in [0.2, 0.25) is 11.8 Å². The van der Waals surface area contributed by atoms with Gasteiger partial charge in [0.1, 0.15) is 12.1 Å². The highest BCUT2D eigenvalue weighted by Gasteiger charge is 2.37. The maximum Gasteiger partial charge on any atom is 0.410 e. The van der Waals surface area contributed by atoms with Gasteiger partial charge < -0.3 is 26.2 Å². The Bertz CT molecular complexity index is 1030. The summed E-state index contributed by atoms with van der Waals surface area (Å²) in [7, 11) is 0. The number of nitrogens with zero attached hydrogens (tertiary/aromatic N) is 1. The molecule has 0 aromatic heterocycles. The van der Waals surface area contributed by atoms with Crippen LogP contribution in [0.5, 0.6) is 0 Å². The Hall–Kier alpha value is -3.17. The van der Waals surface area contributed by atoms with Crippen molar-refractivity contribution in [2.24, 2.45) is 11.7 Å². The van der Waals surface area contributed by atoms with Crippen molar-refractivity contribution in [2.45, 2.75) is 51.3 Å². The third-order valence-corrected chi connectivity index (χ3v) is 6.00. The van der Waals surface area contributed by atoms with E-state index in [-0.39, 0.29) is 32.0 Å². The van der Waals surface area contributed by atoms with Gasteiger partial charge in [0, 0.05) is 26.1 Å². The number of nitrogens with two attached hydrogens (primary N) is 1. The van der Waals surface area contributed by atoms with Crippen molar-refractivity contribution >= 4 is 28.7 Å². The Balaban J connectivity index is 1.74. The molecule has 1 fully saturated rings. The first-order valence-corrected chi connectivity index (χ1v) is 12.2. The smallest absolute Gasteiger partial charge is 0.410 e. The fraction of sp³-hybridized carbons (Fsp3) is 0.500. The van der Waals surface area contributed by atoms with Crippen LogP contribution < -0.4 is 16.4 Å². The van der Waals surface area contributed by atoms with Gasteiger partial charge in [-0.05, 0) is 35.1 Å². The molecule has 1 aliphatic heterocycles. The normalized spacial score (nSPS) is 17.3. The van der Waals surface area contributed by atoms with Crippen LogP contribution in [-0.4, -0.2) is 72.3 Å². The minimum atomic E-state index is -0.886. The third-order valence-electron chi connectivity index (χ3n) is 6.00. The van der Waals surface area contributed by atoms with E-state index in [1.807, 2.05) is 56.3 Å². The van der Waals surface area contributed by atoms with Crippen LogP contribution in [0.4, 0.5) is 4.79 Å². The molecule has 190 valence electrons. The molecule has 1 heterocycles. The van der Waals surface area contributed by atoms with Gasteiger partial charge in [-0.25, -0.2) is 4.79 Å². The number of nitrogens with one attached hydrogen (secondary N) is 2. The van der Waals surface area contributed by atoms with Crippen LogP contribution >= 0.6 is 0 Å². The Morgan fingerprint density at radius 1 is 1.17 bits per heavy atom. The molecular formula is C26H36N4O5. The van der Waals surface area contributed by atoms with E-state index in [9.17, 15) is 19.5 Å². The van der Waals surface area contributed by atoms with Crippen LogP contribution in [0.1, 0.15) is 32.3 Å². The number of amides is 3. The van der Waals surface area contributed by atoms with E-state index in [1.165, 1.54) is 4.90 Å². The van der Waals surface area contributed by atoms with Crippen LogP contribution in [0.15, 0.2) is 42.5 Å². The summed E-state index contributed by atoms with van der Waals surface area (Å²) in [6, 6.07) is 12.2. The monoisotopic (exact) mass is 484 g/mol. The first kappa shape index (κ1) is 26.4. The molecule has 0 radical (unpaired) electrons. The highest BCUT2D eigenvalue weighted by molar-refractivity contribution is 5.92. The second-order valence-electron chi connectivity index (χ2n) is 9.40. The zero-order valence-corrected chi connectivity index (χ0v) is 20.4. The summed E-state index contributed by atoms with van der Waals surface area (Å²) < 4.78 is 5.32. The van der Waals surface area contributed by atoms with Crippen LogP contribution in [0.2, 0.25) is 0 Å². The zero-order chi connectivity index (χ0) is 25.4. The summed E-state index contributed by atoms with van der Waals surface area (Å²) in [5.74, 6) is -0.636. The predicted octanol–water partition coefficient (Wildman–Crippen LogP) is 1.56. The molecular weight excluding hydrogens is 448 g/mol. The highest BCUT2D eigenvalue weighted by Crippen LogP contribution is 2.20. The molecule has 1 saturated heterocycles. The van der Waals surface area contributed by atoms with Crippen LogP contribution in [0, 0.1) is 5.92 Å². The fourth-order valence-corrected chi connectivity index (χ4v) is 4.08. The van der Waals surface area contributed by atoms with Crippen molar-refractivity contribution in [2.75, 3.05) is 26.2 Å². The molecule has 2 aromatic rings. The van der Waals surface area contributed by atoms with Crippen LogP contribution in [-0.2, 0) is 20.7 Å². The van der Waals surface area contributed by atoms with Gasteiger partial charge in [-0.3, -0.25) is 14.5 Å². The maximum absolute atomic E-state index is 13.2. The molecule has 2 unspecified atom stereocenters. The van der Waals surface area contributed by atoms with Crippen molar-refractivity contribution < 1.29 is 24.2 Å². The standard InChI is InChI=1S/C26H36N4O5/c1-17(2)16-35-26(34)30-11-5-8-23(30)25(33)29-22(24(32)28-15-21(31)14-27)13-18-9-10-19-6-3-4-7-20(19)12-18/h3-4,6-7,9-10,12,17,21-23,31H,5,8,11,13-16,27H2,1-2H3,(H,28,32)(H,29,33)/t21?,22-,23?/m1/s1.